The smallest absolute Gasteiger partial charge is 0.337 e. The first-order valence-electron chi connectivity index (χ1n) is 12.0. The summed E-state index contributed by atoms with van der Waals surface area (Å²) in [6.45, 7) is 2.83. The molecule has 7 heteroatoms. The number of H-pyrrole nitrogens is 1. The lowest BCUT2D eigenvalue weighted by Gasteiger charge is -2.10. The lowest BCUT2D eigenvalue weighted by atomic mass is 10.00. The Labute approximate surface area is 211 Å². The summed E-state index contributed by atoms with van der Waals surface area (Å²) in [5.74, 6) is -0.440. The van der Waals surface area contributed by atoms with Crippen molar-refractivity contribution in [2.75, 3.05) is 34.3 Å². The zero-order valence-corrected chi connectivity index (χ0v) is 20.9. The van der Waals surface area contributed by atoms with Crippen molar-refractivity contribution in [3.63, 3.8) is 0 Å². The van der Waals surface area contributed by atoms with Gasteiger partial charge in [-0.2, -0.15) is 0 Å². The molecule has 0 aliphatic heterocycles. The van der Waals surface area contributed by atoms with Gasteiger partial charge in [0, 0.05) is 23.0 Å². The predicted octanol–water partition coefficient (Wildman–Crippen LogP) is 4.87. The Morgan fingerprint density at radius 3 is 2.47 bits per heavy atom. The molecule has 36 heavy (non-hydrogen) atoms. The molecule has 0 fully saturated rings. The number of nitrogens with one attached hydrogen (secondary N) is 2. The molecule has 0 saturated heterocycles. The zero-order chi connectivity index (χ0) is 25.5. The first kappa shape index (κ1) is 25.2. The Hall–Kier alpha value is -3.94. The van der Waals surface area contributed by atoms with Gasteiger partial charge in [-0.25, -0.2) is 9.79 Å². The van der Waals surface area contributed by atoms with Crippen LogP contribution in [0.2, 0.25) is 0 Å². The highest BCUT2D eigenvalue weighted by molar-refractivity contribution is 6.22. The number of ether oxygens (including phenoxy) is 1. The third-order valence-corrected chi connectivity index (χ3v) is 5.95. The number of fused-ring (bicyclic) bond motifs is 1. The van der Waals surface area contributed by atoms with Crippen molar-refractivity contribution in [3.8, 4) is 5.88 Å². The van der Waals surface area contributed by atoms with Crippen LogP contribution in [0.25, 0.3) is 10.9 Å². The van der Waals surface area contributed by atoms with Gasteiger partial charge in [0.1, 0.15) is 0 Å². The second kappa shape index (κ2) is 11.7. The van der Waals surface area contributed by atoms with Crippen molar-refractivity contribution >= 4 is 28.3 Å². The van der Waals surface area contributed by atoms with Crippen LogP contribution in [0.5, 0.6) is 5.88 Å². The van der Waals surface area contributed by atoms with Crippen LogP contribution < -0.4 is 5.32 Å². The summed E-state index contributed by atoms with van der Waals surface area (Å²) in [4.78, 5) is 22.1. The Kier molecular flexibility index (Phi) is 8.15. The van der Waals surface area contributed by atoms with E-state index in [-0.39, 0.29) is 5.88 Å². The fourth-order valence-corrected chi connectivity index (χ4v) is 4.10. The van der Waals surface area contributed by atoms with E-state index in [4.69, 9.17) is 9.73 Å². The molecule has 0 aliphatic carbocycles. The Morgan fingerprint density at radius 1 is 1.03 bits per heavy atom. The van der Waals surface area contributed by atoms with Crippen LogP contribution in [0.4, 0.5) is 5.69 Å². The van der Waals surface area contributed by atoms with Crippen LogP contribution in [0.3, 0.4) is 0 Å². The van der Waals surface area contributed by atoms with E-state index >= 15 is 0 Å². The lowest BCUT2D eigenvalue weighted by Crippen LogP contribution is -2.20. The maximum Gasteiger partial charge on any atom is 0.337 e. The van der Waals surface area contributed by atoms with Crippen molar-refractivity contribution in [1.29, 1.82) is 0 Å². The van der Waals surface area contributed by atoms with E-state index in [1.165, 1.54) is 12.7 Å². The predicted molar refractivity (Wildman–Crippen MR) is 144 cm³/mol. The minimum Gasteiger partial charge on any atom is -0.494 e. The van der Waals surface area contributed by atoms with Crippen LogP contribution in [0, 0.1) is 0 Å². The molecule has 7 nitrogen and oxygen atoms in total. The van der Waals surface area contributed by atoms with E-state index in [9.17, 15) is 9.90 Å². The van der Waals surface area contributed by atoms with Gasteiger partial charge in [-0.1, -0.05) is 48.5 Å². The molecule has 1 heterocycles. The molecule has 4 rings (SSSR count). The number of hydrogen-bond donors (Lipinski definition) is 3. The molecule has 0 aliphatic rings. The van der Waals surface area contributed by atoms with E-state index in [0.29, 0.717) is 22.4 Å². The molecule has 186 valence electrons. The maximum absolute atomic E-state index is 12.0. The summed E-state index contributed by atoms with van der Waals surface area (Å²) in [7, 11) is 5.51. The summed E-state index contributed by atoms with van der Waals surface area (Å²) in [6, 6.07) is 23.0. The Morgan fingerprint density at radius 2 is 1.78 bits per heavy atom. The maximum atomic E-state index is 12.0. The number of aliphatic imine (C=N–C) groups is 1. The standard InChI is InChI=1S/C29H32N4O3/c1-33(2)17-7-16-30-19-20-10-13-23(14-11-20)31-27(21-8-5-4-6-9-21)26-24-15-12-22(29(35)36-3)18-25(24)32-28(26)34/h4-6,8-15,18,30,32,34H,7,16-17,19H2,1-3H3. The molecule has 3 N–H and O–H groups in total. The van der Waals surface area contributed by atoms with Gasteiger partial charge in [-0.3, -0.25) is 0 Å². The first-order chi connectivity index (χ1) is 17.5. The monoisotopic (exact) mass is 484 g/mol. The number of benzene rings is 3. The summed E-state index contributed by atoms with van der Waals surface area (Å²) in [6.07, 6.45) is 1.10. The number of aromatic amines is 1. The third kappa shape index (κ3) is 6.00. The minimum absolute atomic E-state index is 0.00633. The molecular weight excluding hydrogens is 452 g/mol. The molecule has 4 aromatic rings. The zero-order valence-electron chi connectivity index (χ0n) is 20.9. The van der Waals surface area contributed by atoms with Gasteiger partial charge in [0.2, 0.25) is 0 Å². The van der Waals surface area contributed by atoms with Crippen LogP contribution in [-0.4, -0.2) is 61.0 Å². The molecule has 0 atom stereocenters. The second-order valence-electron chi connectivity index (χ2n) is 8.93. The molecule has 3 aromatic carbocycles. The van der Waals surface area contributed by atoms with Gasteiger partial charge in [0.15, 0.2) is 5.88 Å². The highest BCUT2D eigenvalue weighted by atomic mass is 16.5. The summed E-state index contributed by atoms with van der Waals surface area (Å²) in [5, 5.41) is 15.1. The van der Waals surface area contributed by atoms with Gasteiger partial charge in [-0.15, -0.1) is 0 Å². The Bertz CT molecular complexity index is 1340. The van der Waals surface area contributed by atoms with E-state index in [0.717, 1.165) is 42.7 Å². The summed E-state index contributed by atoms with van der Waals surface area (Å²) in [5.41, 5.74) is 5.10. The molecule has 0 unspecified atom stereocenters. The molecular formula is C29H32N4O3. The molecule has 0 amide bonds. The quantitative estimate of drug-likeness (QED) is 0.170. The molecule has 1 aromatic heterocycles. The average Bonchev–Trinajstić information content (AvgIpc) is 3.22. The number of carbonyl (C=O) groups excluding carboxylic acids is 1. The largest absolute Gasteiger partial charge is 0.494 e. The third-order valence-electron chi connectivity index (χ3n) is 5.95. The lowest BCUT2D eigenvalue weighted by molar-refractivity contribution is 0.0601. The van der Waals surface area contributed by atoms with Gasteiger partial charge in [-0.05, 0) is 63.4 Å². The van der Waals surface area contributed by atoms with Crippen LogP contribution >= 0.6 is 0 Å². The van der Waals surface area contributed by atoms with E-state index in [1.807, 2.05) is 42.5 Å². The number of esters is 1. The van der Waals surface area contributed by atoms with Crippen molar-refractivity contribution < 1.29 is 14.6 Å². The van der Waals surface area contributed by atoms with E-state index < -0.39 is 5.97 Å². The van der Waals surface area contributed by atoms with Gasteiger partial charge in [0.05, 0.1) is 29.6 Å². The van der Waals surface area contributed by atoms with Gasteiger partial charge in [0.25, 0.3) is 0 Å². The molecule has 0 radical (unpaired) electrons. The van der Waals surface area contributed by atoms with Crippen molar-refractivity contribution in [2.45, 2.75) is 13.0 Å². The van der Waals surface area contributed by atoms with Crippen molar-refractivity contribution in [3.05, 3.63) is 95.1 Å². The van der Waals surface area contributed by atoms with Gasteiger partial charge >= 0.3 is 5.97 Å². The molecule has 0 spiro atoms. The van der Waals surface area contributed by atoms with Crippen LogP contribution in [-0.2, 0) is 11.3 Å². The highest BCUT2D eigenvalue weighted by Gasteiger charge is 2.20. The van der Waals surface area contributed by atoms with E-state index in [1.54, 1.807) is 18.2 Å². The molecule has 0 bridgehead atoms. The Balaban J connectivity index is 1.64. The average molecular weight is 485 g/mol. The molecule has 0 saturated carbocycles. The van der Waals surface area contributed by atoms with E-state index in [2.05, 4.69) is 41.4 Å². The van der Waals surface area contributed by atoms with Crippen LogP contribution in [0.1, 0.15) is 33.5 Å². The SMILES string of the molecule is COC(=O)c1ccc2c(C(=Nc3ccc(CNCCCN(C)C)cc3)c3ccccc3)c(O)[nH]c2c1. The highest BCUT2D eigenvalue weighted by Crippen LogP contribution is 2.32. The summed E-state index contributed by atoms with van der Waals surface area (Å²) >= 11 is 0. The number of aromatic nitrogens is 1. The van der Waals surface area contributed by atoms with Gasteiger partial charge < -0.3 is 25.0 Å². The number of carbonyl (C=O) groups is 1. The normalized spacial score (nSPS) is 11.8. The number of nitrogens with zero attached hydrogens (tertiary/aromatic N) is 2. The minimum atomic E-state index is -0.434. The summed E-state index contributed by atoms with van der Waals surface area (Å²) < 4.78 is 4.83. The number of methoxy groups -OCH3 is 1. The first-order valence-corrected chi connectivity index (χ1v) is 12.0. The number of hydrogen-bond acceptors (Lipinski definition) is 6. The fraction of sp³-hybridized carbons (Fsp3) is 0.241. The van der Waals surface area contributed by atoms with Crippen molar-refractivity contribution in [1.82, 2.24) is 15.2 Å². The van der Waals surface area contributed by atoms with Crippen molar-refractivity contribution in [2.24, 2.45) is 4.99 Å². The topological polar surface area (TPSA) is 89.9 Å². The number of rotatable bonds is 10. The fourth-order valence-electron chi connectivity index (χ4n) is 4.10. The van der Waals surface area contributed by atoms with Crippen LogP contribution in [0.15, 0.2) is 77.8 Å². The number of aromatic hydroxyl groups is 1. The second-order valence-corrected chi connectivity index (χ2v) is 8.93.